The smallest absolute Gasteiger partial charge is 0.317 e. The predicted molar refractivity (Wildman–Crippen MR) is 69.5 cm³/mol. The molecule has 3 rings (SSSR count). The van der Waals surface area contributed by atoms with Gasteiger partial charge in [0, 0.05) is 19.7 Å². The number of urea groups is 1. The maximum atomic E-state index is 12.1. The topological polar surface area (TPSA) is 41.6 Å². The lowest BCUT2D eigenvalue weighted by Crippen LogP contribution is -2.49. The fraction of sp³-hybridized carbons (Fsp3) is 0.929. The van der Waals surface area contributed by atoms with Crippen molar-refractivity contribution in [3.63, 3.8) is 0 Å². The summed E-state index contributed by atoms with van der Waals surface area (Å²) in [4.78, 5) is 14.1. The van der Waals surface area contributed by atoms with Crippen molar-refractivity contribution >= 4 is 6.03 Å². The molecule has 2 heterocycles. The zero-order chi connectivity index (χ0) is 12.4. The lowest BCUT2D eigenvalue weighted by molar-refractivity contribution is 0.118. The first-order chi connectivity index (χ1) is 8.77. The summed E-state index contributed by atoms with van der Waals surface area (Å²) < 4.78 is 5.29. The molecule has 1 unspecified atom stereocenters. The van der Waals surface area contributed by atoms with E-state index in [0.29, 0.717) is 12.0 Å². The van der Waals surface area contributed by atoms with Crippen LogP contribution in [0.1, 0.15) is 44.9 Å². The normalized spacial score (nSPS) is 30.9. The van der Waals surface area contributed by atoms with E-state index >= 15 is 0 Å². The lowest BCUT2D eigenvalue weighted by Gasteiger charge is -2.39. The van der Waals surface area contributed by atoms with Gasteiger partial charge in [0.25, 0.3) is 0 Å². The Labute approximate surface area is 109 Å². The van der Waals surface area contributed by atoms with Gasteiger partial charge in [-0.2, -0.15) is 0 Å². The summed E-state index contributed by atoms with van der Waals surface area (Å²) in [7, 11) is 0. The number of ether oxygens (including phenoxy) is 1. The molecule has 102 valence electrons. The minimum atomic E-state index is 0.123. The van der Waals surface area contributed by atoms with E-state index in [9.17, 15) is 4.79 Å². The van der Waals surface area contributed by atoms with E-state index in [1.165, 1.54) is 38.5 Å². The van der Waals surface area contributed by atoms with Crippen LogP contribution in [0.2, 0.25) is 0 Å². The number of amides is 2. The fourth-order valence-electron chi connectivity index (χ4n) is 3.72. The number of hydrogen-bond acceptors (Lipinski definition) is 2. The van der Waals surface area contributed by atoms with E-state index in [-0.39, 0.29) is 12.1 Å². The van der Waals surface area contributed by atoms with Crippen molar-refractivity contribution in [2.24, 2.45) is 5.41 Å². The molecule has 1 saturated carbocycles. The molecule has 0 bridgehead atoms. The van der Waals surface area contributed by atoms with Crippen molar-refractivity contribution in [2.45, 2.75) is 51.0 Å². The molecule has 0 aromatic heterocycles. The summed E-state index contributed by atoms with van der Waals surface area (Å²) in [5.41, 5.74) is 0.591. The molecule has 1 aliphatic carbocycles. The predicted octanol–water partition coefficient (Wildman–Crippen LogP) is 2.14. The summed E-state index contributed by atoms with van der Waals surface area (Å²) in [6.07, 6.45) is 8.95. The monoisotopic (exact) mass is 252 g/mol. The quantitative estimate of drug-likeness (QED) is 0.777. The third-order valence-corrected chi connectivity index (χ3v) is 5.03. The molecule has 18 heavy (non-hydrogen) atoms. The Morgan fingerprint density at radius 1 is 1.17 bits per heavy atom. The van der Waals surface area contributed by atoms with Gasteiger partial charge in [-0.1, -0.05) is 12.8 Å². The first-order valence-corrected chi connectivity index (χ1v) is 7.41. The van der Waals surface area contributed by atoms with Crippen LogP contribution >= 0.6 is 0 Å². The summed E-state index contributed by atoms with van der Waals surface area (Å²) in [5, 5.41) is 3.09. The van der Waals surface area contributed by atoms with Crippen LogP contribution < -0.4 is 5.32 Å². The largest absolute Gasteiger partial charge is 0.379 e. The lowest BCUT2D eigenvalue weighted by atomic mass is 9.77. The second-order valence-electron chi connectivity index (χ2n) is 6.20. The highest BCUT2D eigenvalue weighted by Crippen LogP contribution is 2.46. The molecular weight excluding hydrogens is 228 g/mol. The van der Waals surface area contributed by atoms with Crippen LogP contribution in [0.5, 0.6) is 0 Å². The molecule has 1 spiro atoms. The molecule has 0 aromatic carbocycles. The van der Waals surface area contributed by atoms with E-state index in [4.69, 9.17) is 4.74 Å². The summed E-state index contributed by atoms with van der Waals surface area (Å²) in [6, 6.07) is 0.359. The van der Waals surface area contributed by atoms with Crippen LogP contribution in [0.4, 0.5) is 4.79 Å². The number of rotatable bonds is 1. The molecule has 3 aliphatic rings. The van der Waals surface area contributed by atoms with Crippen LogP contribution in [0, 0.1) is 5.41 Å². The Morgan fingerprint density at radius 3 is 2.50 bits per heavy atom. The van der Waals surface area contributed by atoms with Gasteiger partial charge >= 0.3 is 6.03 Å². The first-order valence-electron chi connectivity index (χ1n) is 7.41. The van der Waals surface area contributed by atoms with Crippen LogP contribution in [-0.2, 0) is 4.74 Å². The third-order valence-electron chi connectivity index (χ3n) is 5.03. The van der Waals surface area contributed by atoms with Gasteiger partial charge in [-0.3, -0.25) is 0 Å². The second kappa shape index (κ2) is 5.08. The van der Waals surface area contributed by atoms with Crippen LogP contribution in [0.15, 0.2) is 0 Å². The second-order valence-corrected chi connectivity index (χ2v) is 6.20. The number of nitrogens with one attached hydrogen (secondary N) is 1. The van der Waals surface area contributed by atoms with Crippen molar-refractivity contribution in [3.05, 3.63) is 0 Å². The number of hydrogen-bond donors (Lipinski definition) is 1. The van der Waals surface area contributed by atoms with E-state index < -0.39 is 0 Å². The van der Waals surface area contributed by atoms with Crippen molar-refractivity contribution in [2.75, 3.05) is 26.3 Å². The minimum Gasteiger partial charge on any atom is -0.379 e. The summed E-state index contributed by atoms with van der Waals surface area (Å²) >= 11 is 0. The highest BCUT2D eigenvalue weighted by molar-refractivity contribution is 5.74. The molecule has 2 amide bonds. The molecule has 3 fully saturated rings. The van der Waals surface area contributed by atoms with Gasteiger partial charge in [0.1, 0.15) is 0 Å². The Bertz CT molecular complexity index is 297. The van der Waals surface area contributed by atoms with Crippen LogP contribution in [0.3, 0.4) is 0 Å². The fourth-order valence-corrected chi connectivity index (χ4v) is 3.72. The molecule has 0 aromatic rings. The van der Waals surface area contributed by atoms with Gasteiger partial charge < -0.3 is 15.0 Å². The van der Waals surface area contributed by atoms with Gasteiger partial charge in [0.15, 0.2) is 0 Å². The highest BCUT2D eigenvalue weighted by atomic mass is 16.5. The zero-order valence-electron chi connectivity index (χ0n) is 11.1. The average molecular weight is 252 g/mol. The first kappa shape index (κ1) is 12.3. The summed E-state index contributed by atoms with van der Waals surface area (Å²) in [6.45, 7) is 3.36. The van der Waals surface area contributed by atoms with Crippen molar-refractivity contribution in [1.29, 1.82) is 0 Å². The Morgan fingerprint density at radius 2 is 1.89 bits per heavy atom. The molecule has 1 N–H and O–H groups in total. The van der Waals surface area contributed by atoms with E-state index in [2.05, 4.69) is 5.32 Å². The number of nitrogens with zero attached hydrogens (tertiary/aromatic N) is 1. The molecule has 0 radical (unpaired) electrons. The van der Waals surface area contributed by atoms with Crippen LogP contribution in [-0.4, -0.2) is 43.3 Å². The maximum absolute atomic E-state index is 12.1. The van der Waals surface area contributed by atoms with Gasteiger partial charge in [-0.25, -0.2) is 4.79 Å². The van der Waals surface area contributed by atoms with Gasteiger partial charge in [-0.15, -0.1) is 0 Å². The summed E-state index contributed by atoms with van der Waals surface area (Å²) in [5.74, 6) is 0. The van der Waals surface area contributed by atoms with Crippen molar-refractivity contribution in [1.82, 2.24) is 10.2 Å². The third kappa shape index (κ3) is 2.48. The Kier molecular flexibility index (Phi) is 3.46. The molecule has 2 saturated heterocycles. The SMILES string of the molecule is O=C(NC1CCOC1)N1CCC2(CCCC2)CC1. The highest BCUT2D eigenvalue weighted by Gasteiger charge is 2.38. The van der Waals surface area contributed by atoms with Gasteiger partial charge in [-0.05, 0) is 37.5 Å². The molecular formula is C14H24N2O2. The number of likely N-dealkylation sites (tertiary alicyclic amines) is 1. The van der Waals surface area contributed by atoms with Crippen molar-refractivity contribution < 1.29 is 9.53 Å². The minimum absolute atomic E-state index is 0.123. The van der Waals surface area contributed by atoms with Crippen molar-refractivity contribution in [3.8, 4) is 0 Å². The average Bonchev–Trinajstić information content (AvgIpc) is 3.03. The molecule has 4 nitrogen and oxygen atoms in total. The van der Waals surface area contributed by atoms with Gasteiger partial charge in [0.2, 0.25) is 0 Å². The number of carbonyl (C=O) groups is 1. The van der Waals surface area contributed by atoms with E-state index in [1.54, 1.807) is 0 Å². The maximum Gasteiger partial charge on any atom is 0.317 e. The standard InChI is InChI=1S/C14H24N2O2/c17-13(15-12-3-10-18-11-12)16-8-6-14(7-9-16)4-1-2-5-14/h12H,1-11H2,(H,15,17). The molecule has 1 atom stereocenters. The zero-order valence-corrected chi connectivity index (χ0v) is 11.1. The van der Waals surface area contributed by atoms with Crippen LogP contribution in [0.25, 0.3) is 0 Å². The molecule has 2 aliphatic heterocycles. The van der Waals surface area contributed by atoms with E-state index in [1.807, 2.05) is 4.90 Å². The number of piperidine rings is 1. The molecule has 4 heteroatoms. The van der Waals surface area contributed by atoms with E-state index in [0.717, 1.165) is 26.1 Å². The Balaban J connectivity index is 1.48. The number of carbonyl (C=O) groups excluding carboxylic acids is 1. The Hall–Kier alpha value is -0.770. The van der Waals surface area contributed by atoms with Gasteiger partial charge in [0.05, 0.1) is 12.6 Å².